The first-order valence-corrected chi connectivity index (χ1v) is 6.83. The predicted molar refractivity (Wildman–Crippen MR) is 84.9 cm³/mol. The highest BCUT2D eigenvalue weighted by Gasteiger charge is 2.35. The van der Waals surface area contributed by atoms with Gasteiger partial charge < -0.3 is 15.4 Å². The van der Waals surface area contributed by atoms with Gasteiger partial charge in [-0.2, -0.15) is 0 Å². The molecule has 0 aromatic carbocycles. The summed E-state index contributed by atoms with van der Waals surface area (Å²) in [6.45, 7) is 9.23. The quantitative estimate of drug-likeness (QED) is 0.798. The molecule has 7 heteroatoms. The van der Waals surface area contributed by atoms with Gasteiger partial charge in [0.2, 0.25) is 0 Å². The van der Waals surface area contributed by atoms with E-state index in [-0.39, 0.29) is 30.9 Å². The number of likely N-dealkylation sites (tertiary alicyclic amines) is 2. The average molecular weight is 328 g/mol. The van der Waals surface area contributed by atoms with Crippen LogP contribution in [0.1, 0.15) is 33.6 Å². The molecule has 2 heterocycles. The summed E-state index contributed by atoms with van der Waals surface area (Å²) in [6.07, 6.45) is 2.03. The molecule has 1 atom stereocenters. The van der Waals surface area contributed by atoms with Crippen LogP contribution in [0.2, 0.25) is 0 Å². The maximum absolute atomic E-state index is 12.0. The second-order valence-electron chi connectivity index (χ2n) is 6.44. The van der Waals surface area contributed by atoms with Gasteiger partial charge in [0.05, 0.1) is 0 Å². The molecule has 0 aromatic heterocycles. The van der Waals surface area contributed by atoms with Gasteiger partial charge in [0.25, 0.3) is 0 Å². The molecule has 0 aromatic rings. The highest BCUT2D eigenvalue weighted by atomic mass is 35.5. The fraction of sp³-hybridized carbons (Fsp3) is 0.923. The summed E-state index contributed by atoms with van der Waals surface area (Å²) in [4.78, 5) is 16.2. The summed E-state index contributed by atoms with van der Waals surface area (Å²) < 4.78 is 5.42. The van der Waals surface area contributed by atoms with Gasteiger partial charge in [-0.1, -0.05) is 0 Å². The van der Waals surface area contributed by atoms with Gasteiger partial charge in [0, 0.05) is 38.3 Å². The Balaban J connectivity index is 0.00000180. The number of hydrogen-bond donors (Lipinski definition) is 1. The lowest BCUT2D eigenvalue weighted by atomic mass is 9.99. The Hall–Kier alpha value is -0.230. The third-order valence-corrected chi connectivity index (χ3v) is 3.50. The lowest BCUT2D eigenvalue weighted by Crippen LogP contribution is -2.62. The molecule has 2 fully saturated rings. The van der Waals surface area contributed by atoms with Crippen LogP contribution < -0.4 is 5.73 Å². The average Bonchev–Trinajstić information content (AvgIpc) is 2.23. The number of piperidine rings is 1. The Kier molecular flexibility index (Phi) is 7.60. The van der Waals surface area contributed by atoms with Crippen molar-refractivity contribution in [2.45, 2.75) is 51.3 Å². The van der Waals surface area contributed by atoms with Crippen molar-refractivity contribution < 1.29 is 9.53 Å². The van der Waals surface area contributed by atoms with Crippen LogP contribution in [-0.4, -0.2) is 59.8 Å². The first-order valence-electron chi connectivity index (χ1n) is 6.83. The number of halogens is 2. The molecule has 1 amide bonds. The normalized spacial score (nSPS) is 24.2. The highest BCUT2D eigenvalue weighted by molar-refractivity contribution is 5.85. The molecule has 0 aliphatic carbocycles. The Morgan fingerprint density at radius 3 is 2.30 bits per heavy atom. The third-order valence-electron chi connectivity index (χ3n) is 3.50. The van der Waals surface area contributed by atoms with Gasteiger partial charge in [-0.15, -0.1) is 24.8 Å². The van der Waals surface area contributed by atoms with Crippen molar-refractivity contribution in [2.24, 2.45) is 5.73 Å². The molecule has 2 aliphatic heterocycles. The molecule has 0 radical (unpaired) electrons. The topological polar surface area (TPSA) is 58.8 Å². The molecule has 2 saturated heterocycles. The van der Waals surface area contributed by atoms with E-state index < -0.39 is 5.60 Å². The molecule has 20 heavy (non-hydrogen) atoms. The van der Waals surface area contributed by atoms with Crippen molar-refractivity contribution in [3.8, 4) is 0 Å². The minimum absolute atomic E-state index is 0. The minimum Gasteiger partial charge on any atom is -0.444 e. The van der Waals surface area contributed by atoms with Crippen LogP contribution in [0.15, 0.2) is 0 Å². The monoisotopic (exact) mass is 327 g/mol. The molecule has 5 nitrogen and oxygen atoms in total. The van der Waals surface area contributed by atoms with E-state index in [1.807, 2.05) is 25.7 Å². The van der Waals surface area contributed by atoms with Crippen molar-refractivity contribution in [3.05, 3.63) is 0 Å². The fourth-order valence-electron chi connectivity index (χ4n) is 2.59. The van der Waals surface area contributed by atoms with Gasteiger partial charge >= 0.3 is 6.09 Å². The molecule has 0 bridgehead atoms. The predicted octanol–water partition coefficient (Wildman–Crippen LogP) is 1.87. The molecule has 2 rings (SSSR count). The Bertz CT molecular complexity index is 317. The minimum atomic E-state index is -0.414. The lowest BCUT2D eigenvalue weighted by Gasteiger charge is -2.46. The smallest absolute Gasteiger partial charge is 0.410 e. The summed E-state index contributed by atoms with van der Waals surface area (Å²) >= 11 is 0. The maximum atomic E-state index is 12.0. The van der Waals surface area contributed by atoms with Gasteiger partial charge in [0.15, 0.2) is 0 Å². The summed E-state index contributed by atoms with van der Waals surface area (Å²) in [5.41, 5.74) is 5.39. The van der Waals surface area contributed by atoms with E-state index in [0.717, 1.165) is 39.0 Å². The number of carbonyl (C=O) groups excluding carboxylic acids is 1. The fourth-order valence-corrected chi connectivity index (χ4v) is 2.59. The van der Waals surface area contributed by atoms with Crippen molar-refractivity contribution in [1.29, 1.82) is 0 Å². The van der Waals surface area contributed by atoms with Gasteiger partial charge in [-0.05, 0) is 33.6 Å². The van der Waals surface area contributed by atoms with Crippen molar-refractivity contribution in [3.63, 3.8) is 0 Å². The number of ether oxygens (including phenoxy) is 1. The molecule has 120 valence electrons. The van der Waals surface area contributed by atoms with Crippen molar-refractivity contribution in [1.82, 2.24) is 9.80 Å². The second kappa shape index (κ2) is 7.69. The van der Waals surface area contributed by atoms with Gasteiger partial charge in [-0.25, -0.2) is 4.79 Å². The molecular weight excluding hydrogens is 301 g/mol. The van der Waals surface area contributed by atoms with E-state index in [2.05, 4.69) is 4.90 Å². The Labute approximate surface area is 134 Å². The largest absolute Gasteiger partial charge is 0.444 e. The standard InChI is InChI=1S/C13H25N3O2.2ClH/c1-13(2,3)18-12(17)15-6-4-5-11(9-15)16-7-10(14)8-16;;/h10-11H,4-9,14H2,1-3H3;2*1H. The summed E-state index contributed by atoms with van der Waals surface area (Å²) in [7, 11) is 0. The van der Waals surface area contributed by atoms with E-state index in [9.17, 15) is 4.79 Å². The summed E-state index contributed by atoms with van der Waals surface area (Å²) in [5.74, 6) is 0. The zero-order chi connectivity index (χ0) is 13.3. The first kappa shape index (κ1) is 19.8. The number of carbonyl (C=O) groups is 1. The molecule has 1 unspecified atom stereocenters. The van der Waals surface area contributed by atoms with E-state index >= 15 is 0 Å². The van der Waals surface area contributed by atoms with Crippen LogP contribution in [0.3, 0.4) is 0 Å². The van der Waals surface area contributed by atoms with Crippen LogP contribution in [0, 0.1) is 0 Å². The van der Waals surface area contributed by atoms with E-state index in [4.69, 9.17) is 10.5 Å². The van der Waals surface area contributed by atoms with Crippen LogP contribution in [0.25, 0.3) is 0 Å². The number of nitrogens with zero attached hydrogens (tertiary/aromatic N) is 2. The first-order chi connectivity index (χ1) is 8.35. The Morgan fingerprint density at radius 2 is 1.80 bits per heavy atom. The molecular formula is C13H27Cl2N3O2. The van der Waals surface area contributed by atoms with Crippen LogP contribution in [-0.2, 0) is 4.74 Å². The molecule has 2 N–H and O–H groups in total. The van der Waals surface area contributed by atoms with E-state index in [1.165, 1.54) is 0 Å². The third kappa shape index (κ3) is 5.28. The summed E-state index contributed by atoms with van der Waals surface area (Å²) in [5, 5.41) is 0. The highest BCUT2D eigenvalue weighted by Crippen LogP contribution is 2.21. The summed E-state index contributed by atoms with van der Waals surface area (Å²) in [6, 6.07) is 0.785. The number of hydrogen-bond acceptors (Lipinski definition) is 4. The second-order valence-corrected chi connectivity index (χ2v) is 6.44. The van der Waals surface area contributed by atoms with Crippen LogP contribution in [0.5, 0.6) is 0 Å². The zero-order valence-corrected chi connectivity index (χ0v) is 14.1. The lowest BCUT2D eigenvalue weighted by molar-refractivity contribution is 0.000404. The van der Waals surface area contributed by atoms with Crippen LogP contribution in [0.4, 0.5) is 4.79 Å². The SMILES string of the molecule is CC(C)(C)OC(=O)N1CCCC(N2CC(N)C2)C1.Cl.Cl. The van der Waals surface area contributed by atoms with Crippen molar-refractivity contribution in [2.75, 3.05) is 26.2 Å². The van der Waals surface area contributed by atoms with Crippen LogP contribution >= 0.6 is 24.8 Å². The van der Waals surface area contributed by atoms with Gasteiger partial charge in [0.1, 0.15) is 5.60 Å². The number of rotatable bonds is 1. The molecule has 2 aliphatic rings. The number of nitrogens with two attached hydrogens (primary N) is 1. The van der Waals surface area contributed by atoms with Crippen molar-refractivity contribution >= 4 is 30.9 Å². The zero-order valence-electron chi connectivity index (χ0n) is 12.5. The van der Waals surface area contributed by atoms with E-state index in [0.29, 0.717) is 12.1 Å². The van der Waals surface area contributed by atoms with Gasteiger partial charge in [-0.3, -0.25) is 4.90 Å². The molecule has 0 saturated carbocycles. The molecule has 0 spiro atoms. The van der Waals surface area contributed by atoms with E-state index in [1.54, 1.807) is 0 Å². The Morgan fingerprint density at radius 1 is 1.20 bits per heavy atom. The number of amides is 1. The maximum Gasteiger partial charge on any atom is 0.410 e.